The number of aliphatic hydroxyl groups excluding tert-OH is 1. The lowest BCUT2D eigenvalue weighted by molar-refractivity contribution is 0.0966. The van der Waals surface area contributed by atoms with E-state index >= 15 is 0 Å². The quantitative estimate of drug-likeness (QED) is 0.597. The van der Waals surface area contributed by atoms with Gasteiger partial charge >= 0.3 is 0 Å². The summed E-state index contributed by atoms with van der Waals surface area (Å²) >= 11 is 0. The van der Waals surface area contributed by atoms with E-state index in [1.165, 1.54) is 0 Å². The minimum Gasteiger partial charge on any atom is -0.393 e. The van der Waals surface area contributed by atoms with Gasteiger partial charge in [-0.2, -0.15) is 0 Å². The Morgan fingerprint density at radius 1 is 1.07 bits per heavy atom. The maximum absolute atomic E-state index is 9.11. The number of aliphatic hydroxyl groups is 1. The second kappa shape index (κ2) is 9.13. The molecule has 0 aliphatic carbocycles. The van der Waals surface area contributed by atoms with E-state index in [-0.39, 0.29) is 6.10 Å². The molecular formula is C12H27NO2. The second-order valence-corrected chi connectivity index (χ2v) is 4.74. The maximum atomic E-state index is 9.11. The van der Waals surface area contributed by atoms with Crippen LogP contribution in [0.15, 0.2) is 0 Å². The Balaban J connectivity index is 3.20. The molecule has 1 atom stereocenters. The first-order valence-corrected chi connectivity index (χ1v) is 5.96. The van der Waals surface area contributed by atoms with E-state index in [0.29, 0.717) is 0 Å². The van der Waals surface area contributed by atoms with Crippen molar-refractivity contribution in [3.8, 4) is 0 Å². The third-order valence-electron chi connectivity index (χ3n) is 2.39. The molecule has 0 aromatic rings. The van der Waals surface area contributed by atoms with E-state index in [9.17, 15) is 0 Å². The standard InChI is InChI=1S/C12H27NO2/c1-11(2)6-9-15-10-8-13(4)7-5-12(3)14/h11-12,14H,5-10H2,1-4H3. The van der Waals surface area contributed by atoms with Gasteiger partial charge in [-0.25, -0.2) is 0 Å². The average molecular weight is 217 g/mol. The van der Waals surface area contributed by atoms with Crippen molar-refractivity contribution in [2.24, 2.45) is 5.92 Å². The molecule has 0 aliphatic heterocycles. The van der Waals surface area contributed by atoms with Gasteiger partial charge in [0.2, 0.25) is 0 Å². The van der Waals surface area contributed by atoms with Gasteiger partial charge in [-0.15, -0.1) is 0 Å². The van der Waals surface area contributed by atoms with Crippen LogP contribution >= 0.6 is 0 Å². The molecule has 92 valence electrons. The number of hydrogen-bond acceptors (Lipinski definition) is 3. The molecule has 15 heavy (non-hydrogen) atoms. The van der Waals surface area contributed by atoms with Crippen molar-refractivity contribution in [1.82, 2.24) is 4.90 Å². The van der Waals surface area contributed by atoms with Gasteiger partial charge in [0.25, 0.3) is 0 Å². The fourth-order valence-corrected chi connectivity index (χ4v) is 1.16. The third kappa shape index (κ3) is 11.8. The fourth-order valence-electron chi connectivity index (χ4n) is 1.16. The largest absolute Gasteiger partial charge is 0.393 e. The Morgan fingerprint density at radius 2 is 1.73 bits per heavy atom. The zero-order valence-electron chi connectivity index (χ0n) is 10.7. The first kappa shape index (κ1) is 14.9. The summed E-state index contributed by atoms with van der Waals surface area (Å²) in [4.78, 5) is 2.20. The van der Waals surface area contributed by atoms with Crippen LogP contribution in [0.4, 0.5) is 0 Å². The Kier molecular flexibility index (Phi) is 9.06. The molecule has 0 radical (unpaired) electrons. The molecule has 0 aromatic carbocycles. The third-order valence-corrected chi connectivity index (χ3v) is 2.39. The predicted octanol–water partition coefficient (Wildman–Crippen LogP) is 1.75. The molecule has 0 heterocycles. The van der Waals surface area contributed by atoms with E-state index < -0.39 is 0 Å². The van der Waals surface area contributed by atoms with E-state index in [4.69, 9.17) is 9.84 Å². The molecular weight excluding hydrogens is 190 g/mol. The first-order valence-electron chi connectivity index (χ1n) is 5.96. The number of nitrogens with zero attached hydrogens (tertiary/aromatic N) is 1. The zero-order valence-corrected chi connectivity index (χ0v) is 10.7. The molecule has 1 unspecified atom stereocenters. The van der Waals surface area contributed by atoms with Crippen LogP contribution in [0, 0.1) is 5.92 Å². The predicted molar refractivity (Wildman–Crippen MR) is 64.1 cm³/mol. The highest BCUT2D eigenvalue weighted by atomic mass is 16.5. The van der Waals surface area contributed by atoms with Crippen LogP contribution in [0.1, 0.15) is 33.6 Å². The van der Waals surface area contributed by atoms with Gasteiger partial charge in [0.05, 0.1) is 12.7 Å². The highest BCUT2D eigenvalue weighted by Crippen LogP contribution is 1.99. The highest BCUT2D eigenvalue weighted by molar-refractivity contribution is 4.54. The lowest BCUT2D eigenvalue weighted by Crippen LogP contribution is -2.26. The zero-order chi connectivity index (χ0) is 11.7. The van der Waals surface area contributed by atoms with Crippen LogP contribution in [0.25, 0.3) is 0 Å². The number of rotatable bonds is 9. The molecule has 0 aromatic heterocycles. The van der Waals surface area contributed by atoms with E-state index in [2.05, 4.69) is 25.8 Å². The van der Waals surface area contributed by atoms with Gasteiger partial charge in [0.1, 0.15) is 0 Å². The fraction of sp³-hybridized carbons (Fsp3) is 1.00. The molecule has 0 spiro atoms. The molecule has 0 fully saturated rings. The molecule has 0 amide bonds. The van der Waals surface area contributed by atoms with Crippen LogP contribution in [-0.2, 0) is 4.74 Å². The Bertz CT molecular complexity index is 138. The molecule has 0 bridgehead atoms. The first-order chi connectivity index (χ1) is 7.02. The Labute approximate surface area is 94.4 Å². The monoisotopic (exact) mass is 217 g/mol. The van der Waals surface area contributed by atoms with Gasteiger partial charge < -0.3 is 14.7 Å². The van der Waals surface area contributed by atoms with E-state index in [1.807, 2.05) is 6.92 Å². The van der Waals surface area contributed by atoms with Crippen molar-refractivity contribution in [2.75, 3.05) is 33.4 Å². The lowest BCUT2D eigenvalue weighted by atomic mass is 10.1. The summed E-state index contributed by atoms with van der Waals surface area (Å²) < 4.78 is 5.52. The summed E-state index contributed by atoms with van der Waals surface area (Å²) in [5.74, 6) is 0.720. The summed E-state index contributed by atoms with van der Waals surface area (Å²) in [6, 6.07) is 0. The molecule has 0 saturated heterocycles. The minimum absolute atomic E-state index is 0.200. The molecule has 3 nitrogen and oxygen atoms in total. The number of hydrogen-bond donors (Lipinski definition) is 1. The van der Waals surface area contributed by atoms with Crippen LogP contribution in [0.5, 0.6) is 0 Å². The second-order valence-electron chi connectivity index (χ2n) is 4.74. The molecule has 1 N–H and O–H groups in total. The topological polar surface area (TPSA) is 32.7 Å². The Morgan fingerprint density at radius 3 is 2.27 bits per heavy atom. The van der Waals surface area contributed by atoms with Crippen LogP contribution in [0.2, 0.25) is 0 Å². The van der Waals surface area contributed by atoms with Gasteiger partial charge in [0.15, 0.2) is 0 Å². The van der Waals surface area contributed by atoms with Crippen molar-refractivity contribution < 1.29 is 9.84 Å². The molecule has 3 heteroatoms. The average Bonchev–Trinajstić information content (AvgIpc) is 2.13. The van der Waals surface area contributed by atoms with Crippen molar-refractivity contribution in [3.63, 3.8) is 0 Å². The van der Waals surface area contributed by atoms with Crippen LogP contribution in [-0.4, -0.2) is 49.5 Å². The van der Waals surface area contributed by atoms with Crippen LogP contribution < -0.4 is 0 Å². The van der Waals surface area contributed by atoms with Gasteiger partial charge in [-0.1, -0.05) is 13.8 Å². The normalized spacial score (nSPS) is 13.8. The van der Waals surface area contributed by atoms with Crippen LogP contribution in [0.3, 0.4) is 0 Å². The highest BCUT2D eigenvalue weighted by Gasteiger charge is 2.01. The summed E-state index contributed by atoms with van der Waals surface area (Å²) in [5, 5.41) is 9.11. The summed E-state index contributed by atoms with van der Waals surface area (Å²) in [6.45, 7) is 9.78. The SMILES string of the molecule is CC(C)CCOCCN(C)CCC(C)O. The van der Waals surface area contributed by atoms with Crippen molar-refractivity contribution >= 4 is 0 Å². The molecule has 0 rings (SSSR count). The Hall–Kier alpha value is -0.120. The van der Waals surface area contributed by atoms with E-state index in [0.717, 1.165) is 45.1 Å². The van der Waals surface area contributed by atoms with Gasteiger partial charge in [0, 0.05) is 19.7 Å². The summed E-state index contributed by atoms with van der Waals surface area (Å²) in [5.41, 5.74) is 0. The smallest absolute Gasteiger partial charge is 0.0593 e. The van der Waals surface area contributed by atoms with Crippen molar-refractivity contribution in [1.29, 1.82) is 0 Å². The summed E-state index contributed by atoms with van der Waals surface area (Å²) in [7, 11) is 2.06. The lowest BCUT2D eigenvalue weighted by Gasteiger charge is -2.17. The van der Waals surface area contributed by atoms with Crippen molar-refractivity contribution in [2.45, 2.75) is 39.7 Å². The number of ether oxygens (including phenoxy) is 1. The number of likely N-dealkylation sites (N-methyl/N-ethyl adjacent to an activating group) is 1. The van der Waals surface area contributed by atoms with Crippen molar-refractivity contribution in [3.05, 3.63) is 0 Å². The molecule has 0 aliphatic rings. The van der Waals surface area contributed by atoms with Gasteiger partial charge in [-0.3, -0.25) is 0 Å². The summed E-state index contributed by atoms with van der Waals surface area (Å²) in [6.07, 6.45) is 1.77. The maximum Gasteiger partial charge on any atom is 0.0593 e. The minimum atomic E-state index is -0.200. The molecule has 0 saturated carbocycles. The van der Waals surface area contributed by atoms with Gasteiger partial charge in [-0.05, 0) is 32.7 Å². The van der Waals surface area contributed by atoms with E-state index in [1.54, 1.807) is 0 Å².